The number of aryl methyl sites for hydroxylation is 13. The number of halogens is 2. The molecule has 0 fully saturated rings. The van der Waals surface area contributed by atoms with Gasteiger partial charge in [-0.05, 0) is 156 Å². The first kappa shape index (κ1) is 87.3. The van der Waals surface area contributed by atoms with Crippen molar-refractivity contribution in [3.63, 3.8) is 0 Å². The van der Waals surface area contributed by atoms with E-state index in [1.807, 2.05) is 133 Å². The number of rotatable bonds is 10. The van der Waals surface area contributed by atoms with Crippen LogP contribution in [0.1, 0.15) is 143 Å². The monoisotopic (exact) mass is 1620 g/mol. The van der Waals surface area contributed by atoms with Crippen LogP contribution in [0.5, 0.6) is 0 Å². The van der Waals surface area contributed by atoms with Gasteiger partial charge in [0.05, 0.1) is 33.9 Å². The van der Waals surface area contributed by atoms with Crippen molar-refractivity contribution < 1.29 is 51.1 Å². The van der Waals surface area contributed by atoms with Crippen LogP contribution in [0, 0.1) is 90.0 Å². The highest BCUT2D eigenvalue weighted by molar-refractivity contribution is 9.10. The third-order valence-electron chi connectivity index (χ3n) is 14.5. The average Bonchev–Trinajstić information content (AvgIpc) is 1.59. The highest BCUT2D eigenvalue weighted by atomic mass is 79.9. The van der Waals surface area contributed by atoms with Gasteiger partial charge in [0.15, 0.2) is 34.9 Å². The molecule has 107 heavy (non-hydrogen) atoms. The molecule has 0 aliphatic heterocycles. The van der Waals surface area contributed by atoms with Crippen molar-refractivity contribution >= 4 is 141 Å². The lowest BCUT2D eigenvalue weighted by Crippen LogP contribution is -2.28. The third-order valence-corrected chi connectivity index (χ3v) is 15.7. The van der Waals surface area contributed by atoms with Crippen LogP contribution in [0.25, 0.3) is 11.0 Å². The van der Waals surface area contributed by atoms with Crippen LogP contribution in [0.2, 0.25) is 0 Å². The second kappa shape index (κ2) is 39.1. The van der Waals surface area contributed by atoms with E-state index in [0.717, 1.165) is 99.3 Å². The van der Waals surface area contributed by atoms with Gasteiger partial charge in [0.2, 0.25) is 23.7 Å². The zero-order valence-electron chi connectivity index (χ0n) is 61.3. The first-order valence-corrected chi connectivity index (χ1v) is 34.7. The number of imidazole rings is 7. The summed E-state index contributed by atoms with van der Waals surface area (Å²) in [6.45, 7) is 30.6. The van der Waals surface area contributed by atoms with Gasteiger partial charge in [-0.15, -0.1) is 0 Å². The molecular weight excluding hydrogens is 1540 g/mol. The molecule has 40 heteroatoms. The molecular formula is C67H84Br2N24O13S. The Morgan fingerprint density at radius 2 is 0.879 bits per heavy atom. The number of nitrogen functional groups attached to an aromatic ring is 2. The minimum atomic E-state index is -4.67. The number of aromatic amines is 5. The number of nitrogens with zero attached hydrogens (tertiary/aromatic N) is 10. The van der Waals surface area contributed by atoms with Crippen molar-refractivity contribution in [2.75, 3.05) is 38.1 Å². The number of ketones is 1. The minimum absolute atomic E-state index is 0.00174. The van der Waals surface area contributed by atoms with Crippen LogP contribution in [0.4, 0.5) is 40.9 Å². The molecule has 0 saturated heterocycles. The van der Waals surface area contributed by atoms with Crippen molar-refractivity contribution in [1.29, 1.82) is 0 Å². The van der Waals surface area contributed by atoms with Gasteiger partial charge in [0.1, 0.15) is 35.2 Å². The summed E-state index contributed by atoms with van der Waals surface area (Å²) < 4.78 is 34.4. The number of amides is 6. The molecule has 11 rings (SSSR count). The van der Waals surface area contributed by atoms with Gasteiger partial charge in [-0.25, -0.2) is 34.9 Å². The van der Waals surface area contributed by atoms with Gasteiger partial charge in [0.25, 0.3) is 34.7 Å². The van der Waals surface area contributed by atoms with Gasteiger partial charge >= 0.3 is 10.4 Å². The number of carbonyl (C=O) groups is 7. The van der Waals surface area contributed by atoms with Gasteiger partial charge in [-0.3, -0.25) is 71.7 Å². The fourth-order valence-corrected chi connectivity index (χ4v) is 8.87. The second-order valence-electron chi connectivity index (χ2n) is 23.4. The van der Waals surface area contributed by atoms with Crippen LogP contribution >= 0.6 is 31.9 Å². The molecule has 37 nitrogen and oxygen atoms in total. The topological polar surface area (TPSA) is 583 Å². The number of carbonyl (C=O) groups excluding carboxylic acids is 7. The summed E-state index contributed by atoms with van der Waals surface area (Å²) in [6.07, 6.45) is 3.52. The number of benzene rings is 3. The summed E-state index contributed by atoms with van der Waals surface area (Å²) in [6, 6.07) is 16.7. The number of hydrogen-bond acceptors (Lipinski definition) is 20. The summed E-state index contributed by atoms with van der Waals surface area (Å²) in [5.41, 5.74) is 31.9. The van der Waals surface area contributed by atoms with Gasteiger partial charge < -0.3 is 63.8 Å². The Labute approximate surface area is 629 Å². The number of alkyl halides is 1. The van der Waals surface area contributed by atoms with Gasteiger partial charge in [-0.2, -0.15) is 13.4 Å². The molecule has 0 spiro atoms. The Morgan fingerprint density at radius 1 is 0.523 bits per heavy atom. The van der Waals surface area contributed by atoms with Crippen molar-refractivity contribution in [3.8, 4) is 0 Å². The lowest BCUT2D eigenvalue weighted by Gasteiger charge is -2.09. The predicted molar refractivity (Wildman–Crippen MR) is 414 cm³/mol. The maximum absolute atomic E-state index is 13.3. The Kier molecular flexibility index (Phi) is 31.9. The number of guanidine groups is 1. The molecule has 1 atom stereocenters. The number of anilines is 7. The van der Waals surface area contributed by atoms with Crippen molar-refractivity contribution in [1.82, 2.24) is 68.6 Å². The SMILES string of the molecule is CC(=O)C(C)Br.CC(=O)N=C(N)N.CC(=O)Nc1nc(C)c(C)[nH]1.Cc1ccc(Br)cc1NC(=O)c1nc[nH]c1C(=O)Nc1nc(C)c(C)[nH]1.Cc1ccc(C)c(NC(=O)c2ncn3c(=O)c4c(C(=O)Nc5cc(C)ccc5C)ncn4c(=O)c23)c1.Cc1nc(N)[nH]c1C.Cc1nc(N)[nH]c1C.O=S(=O)(O)O. The zero-order valence-corrected chi connectivity index (χ0v) is 65.3. The normalized spacial score (nSPS) is 10.6. The van der Waals surface area contributed by atoms with Crippen LogP contribution in [0.15, 0.2) is 92.6 Å². The fraction of sp³-hybridized carbons (Fsp3) is 0.269. The van der Waals surface area contributed by atoms with E-state index in [1.54, 1.807) is 25.1 Å². The van der Waals surface area contributed by atoms with Crippen LogP contribution in [0.3, 0.4) is 0 Å². The molecule has 8 aromatic heterocycles. The van der Waals surface area contributed by atoms with Crippen LogP contribution < -0.4 is 60.6 Å². The highest BCUT2D eigenvalue weighted by Gasteiger charge is 2.26. The minimum Gasteiger partial charge on any atom is -0.370 e. The number of H-pyrrole nitrogens is 5. The smallest absolute Gasteiger partial charge is 0.370 e. The van der Waals surface area contributed by atoms with E-state index in [1.165, 1.54) is 20.2 Å². The fourth-order valence-electron chi connectivity index (χ4n) is 8.51. The summed E-state index contributed by atoms with van der Waals surface area (Å²) >= 11 is 6.46. The Hall–Kier alpha value is -12.1. The molecule has 0 radical (unpaired) electrons. The average molecular weight is 1630 g/mol. The van der Waals surface area contributed by atoms with E-state index < -0.39 is 45.1 Å². The summed E-state index contributed by atoms with van der Waals surface area (Å²) in [5, 5.41) is 13.5. The van der Waals surface area contributed by atoms with Crippen LogP contribution in [-0.4, -0.2) is 138 Å². The molecule has 0 saturated carbocycles. The summed E-state index contributed by atoms with van der Waals surface area (Å²) in [5.74, 6) is -0.913. The first-order chi connectivity index (χ1) is 49.8. The van der Waals surface area contributed by atoms with Crippen molar-refractivity contribution in [2.45, 2.75) is 123 Å². The maximum Gasteiger partial charge on any atom is 0.394 e. The highest BCUT2D eigenvalue weighted by Crippen LogP contribution is 2.23. The number of nitrogens with one attached hydrogen (secondary N) is 10. The summed E-state index contributed by atoms with van der Waals surface area (Å²) in [7, 11) is -4.67. The third kappa shape index (κ3) is 27.1. The van der Waals surface area contributed by atoms with E-state index in [4.69, 9.17) is 40.5 Å². The molecule has 3 aromatic carbocycles. The standard InChI is InChI=1S/C26H22N6O4.C17H17BrN6O2.C7H11N3O.2C5H9N3.C4H7BrO.C3H7N3O.H2O4S/c1-13-5-7-15(3)17(9-13)29-23(33)19-21-25(35)32-12-28-20(22(32)26(36)31(21)11-27-19)24(34)30-18-10-14(2)6-8-16(18)4;1-8-4-5-11(18)6-12(8)23-15(25)13-14(20-7-19-13)16(26)24-17-21-9(2)10(3)22-17;1-4-5(2)9-7(8-4)10-6(3)11;2*1-3-4(2)8-5(6)7-3;1-3(5)4(2)6;1-2(7)6-3(4)5;1-5(2,3)4/h5-12H,1-4H3,(H,29,33)(H,30,34);4-7H,1-3H3,(H,19,20)(H,23,25)(H2,21,22,24,26);1-3H3,(H2,8,9,10,11);2*1-2H3,(H3,6,7,8);3H,1-2H3;1H3,(H4,4,5,6,7);(H2,1,2,3,4). The number of nitrogens with two attached hydrogens (primary N) is 4. The number of fused-ring (bicyclic) bond motifs is 2. The zero-order chi connectivity index (χ0) is 80.8. The lowest BCUT2D eigenvalue weighted by molar-refractivity contribution is -0.116. The number of Topliss-reactive ketones (excluding diaryl/α,β-unsaturated/α-hetero) is 1. The Bertz CT molecular complexity index is 5050. The van der Waals surface area contributed by atoms with Crippen LogP contribution in [-0.2, 0) is 24.8 Å². The molecule has 0 aliphatic carbocycles. The summed E-state index contributed by atoms with van der Waals surface area (Å²) in [4.78, 5) is 154. The molecule has 0 bridgehead atoms. The Balaban J connectivity index is 0.000000293. The van der Waals surface area contributed by atoms with E-state index >= 15 is 0 Å². The largest absolute Gasteiger partial charge is 0.394 e. The molecule has 0 aliphatic rings. The predicted octanol–water partition coefficient (Wildman–Crippen LogP) is 7.92. The second-order valence-corrected chi connectivity index (χ2v) is 26.6. The number of aliphatic imine (C=N–C) groups is 1. The number of aromatic nitrogens is 14. The quantitative estimate of drug-likeness (QED) is 0.0267. The molecule has 570 valence electrons. The molecule has 6 amide bonds. The van der Waals surface area contributed by atoms with E-state index in [-0.39, 0.29) is 62.2 Å². The molecule has 11 aromatic rings. The van der Waals surface area contributed by atoms with E-state index in [0.29, 0.717) is 40.9 Å². The molecule has 20 N–H and O–H groups in total. The molecule has 8 heterocycles. The van der Waals surface area contributed by atoms with E-state index in [9.17, 15) is 43.2 Å². The maximum atomic E-state index is 13.3. The van der Waals surface area contributed by atoms with E-state index in [2.05, 4.69) is 123 Å². The van der Waals surface area contributed by atoms with Gasteiger partial charge in [0, 0.05) is 58.2 Å². The Morgan fingerprint density at radius 3 is 1.19 bits per heavy atom. The first-order valence-electron chi connectivity index (χ1n) is 31.6. The van der Waals surface area contributed by atoms with Crippen molar-refractivity contribution in [3.05, 3.63) is 195 Å². The molecule has 1 unspecified atom stereocenters. The van der Waals surface area contributed by atoms with Crippen molar-refractivity contribution in [2.24, 2.45) is 16.5 Å². The van der Waals surface area contributed by atoms with Gasteiger partial charge in [-0.1, -0.05) is 62.2 Å². The number of hydrogen-bond donors (Lipinski definition) is 16. The lowest BCUT2D eigenvalue weighted by atomic mass is 10.1.